The fourth-order valence-electron chi connectivity index (χ4n) is 2.62. The maximum Gasteiger partial charge on any atom is 0.252 e. The highest BCUT2D eigenvalue weighted by atomic mass is 32.2. The van der Waals surface area contributed by atoms with Gasteiger partial charge in [-0.3, -0.25) is 9.52 Å². The molecule has 7 heteroatoms. The number of carbonyl (C=O) groups excluding carboxylic acids is 1. The van der Waals surface area contributed by atoms with Crippen molar-refractivity contribution in [2.24, 2.45) is 0 Å². The summed E-state index contributed by atoms with van der Waals surface area (Å²) in [6.45, 7) is 2.53. The van der Waals surface area contributed by atoms with E-state index in [1.165, 1.54) is 7.11 Å². The molecule has 0 atom stereocenters. The number of aryl methyl sites for hydroxylation is 1. The van der Waals surface area contributed by atoms with Crippen molar-refractivity contribution in [2.75, 3.05) is 35.6 Å². The third-order valence-electron chi connectivity index (χ3n) is 3.51. The minimum absolute atomic E-state index is 0.0460. The molecule has 0 saturated carbocycles. The van der Waals surface area contributed by atoms with Crippen LogP contribution in [0.1, 0.15) is 25.3 Å². The second-order valence-electron chi connectivity index (χ2n) is 5.35. The van der Waals surface area contributed by atoms with Gasteiger partial charge in [0.25, 0.3) is 5.91 Å². The quantitative estimate of drug-likeness (QED) is 0.864. The van der Waals surface area contributed by atoms with E-state index in [0.29, 0.717) is 18.7 Å². The van der Waals surface area contributed by atoms with Crippen molar-refractivity contribution >= 4 is 27.3 Å². The first kappa shape index (κ1) is 16.8. The Morgan fingerprint density at radius 3 is 2.86 bits per heavy atom. The van der Waals surface area contributed by atoms with E-state index in [2.05, 4.69) is 4.72 Å². The molecule has 1 aliphatic heterocycles. The predicted octanol–water partition coefficient (Wildman–Crippen LogP) is 1.76. The normalized spacial score (nSPS) is 14.5. The monoisotopic (exact) mass is 326 g/mol. The first-order valence-electron chi connectivity index (χ1n) is 7.39. The largest absolute Gasteiger partial charge is 0.375 e. The van der Waals surface area contributed by atoms with Gasteiger partial charge >= 0.3 is 0 Å². The van der Waals surface area contributed by atoms with Crippen molar-refractivity contribution in [3.05, 3.63) is 23.8 Å². The van der Waals surface area contributed by atoms with Crippen LogP contribution in [0.15, 0.2) is 18.2 Å². The van der Waals surface area contributed by atoms with E-state index in [9.17, 15) is 13.2 Å². The van der Waals surface area contributed by atoms with Crippen molar-refractivity contribution in [3.8, 4) is 0 Å². The Morgan fingerprint density at radius 2 is 2.18 bits per heavy atom. The molecular formula is C15H22N2O4S. The highest BCUT2D eigenvalue weighted by molar-refractivity contribution is 7.92. The number of benzene rings is 1. The van der Waals surface area contributed by atoms with Crippen molar-refractivity contribution < 1.29 is 17.9 Å². The van der Waals surface area contributed by atoms with Crippen molar-refractivity contribution in [3.63, 3.8) is 0 Å². The molecule has 0 bridgehead atoms. The summed E-state index contributed by atoms with van der Waals surface area (Å²) < 4.78 is 31.2. The highest BCUT2D eigenvalue weighted by Crippen LogP contribution is 2.30. The van der Waals surface area contributed by atoms with E-state index < -0.39 is 10.0 Å². The summed E-state index contributed by atoms with van der Waals surface area (Å²) >= 11 is 0. The Bertz CT molecular complexity index is 643. The molecule has 1 aromatic carbocycles. The Balaban J connectivity index is 2.22. The second-order valence-corrected chi connectivity index (χ2v) is 7.19. The van der Waals surface area contributed by atoms with Gasteiger partial charge in [-0.15, -0.1) is 0 Å². The van der Waals surface area contributed by atoms with E-state index >= 15 is 0 Å². The molecule has 1 aromatic rings. The first-order chi connectivity index (χ1) is 10.5. The van der Waals surface area contributed by atoms with Crippen molar-refractivity contribution in [1.29, 1.82) is 0 Å². The van der Waals surface area contributed by atoms with E-state index in [0.717, 1.165) is 24.1 Å². The molecule has 1 N–H and O–H groups in total. The standard InChI is InChI=1S/C15H22N2O4S/c1-3-9-22(19,20)16-13-6-7-14-12(10-13)5-4-8-17(14)15(18)11-21-2/h6-7,10,16H,3-5,8-9,11H2,1-2H3. The van der Waals surface area contributed by atoms with Crippen molar-refractivity contribution in [1.82, 2.24) is 0 Å². The number of sulfonamides is 1. The van der Waals surface area contributed by atoms with Crippen LogP contribution in [0.5, 0.6) is 0 Å². The summed E-state index contributed by atoms with van der Waals surface area (Å²) in [7, 11) is -1.81. The zero-order valence-corrected chi connectivity index (χ0v) is 13.8. The number of ether oxygens (including phenoxy) is 1. The Morgan fingerprint density at radius 1 is 1.41 bits per heavy atom. The van der Waals surface area contributed by atoms with Crippen LogP contribution in [0, 0.1) is 0 Å². The van der Waals surface area contributed by atoms with E-state index in [-0.39, 0.29) is 18.3 Å². The molecule has 1 aliphatic rings. The molecule has 0 saturated heterocycles. The number of hydrogen-bond donors (Lipinski definition) is 1. The number of hydrogen-bond acceptors (Lipinski definition) is 4. The van der Waals surface area contributed by atoms with Gasteiger partial charge in [-0.25, -0.2) is 8.42 Å². The van der Waals surface area contributed by atoms with Gasteiger partial charge in [0.15, 0.2) is 0 Å². The molecule has 6 nitrogen and oxygen atoms in total. The third kappa shape index (κ3) is 3.98. The first-order valence-corrected chi connectivity index (χ1v) is 9.05. The number of nitrogens with one attached hydrogen (secondary N) is 1. The zero-order chi connectivity index (χ0) is 16.2. The lowest BCUT2D eigenvalue weighted by Gasteiger charge is -2.29. The van der Waals surface area contributed by atoms with Crippen LogP contribution in [-0.2, 0) is 26.0 Å². The average molecular weight is 326 g/mol. The van der Waals surface area contributed by atoms with Crippen LogP contribution >= 0.6 is 0 Å². The molecule has 0 aromatic heterocycles. The van der Waals surface area contributed by atoms with E-state index in [4.69, 9.17) is 4.74 Å². The summed E-state index contributed by atoms with van der Waals surface area (Å²) in [6.07, 6.45) is 2.25. The average Bonchev–Trinajstić information content (AvgIpc) is 2.46. The summed E-state index contributed by atoms with van der Waals surface area (Å²) in [6, 6.07) is 5.31. The van der Waals surface area contributed by atoms with Gasteiger partial charge in [0.05, 0.1) is 5.75 Å². The van der Waals surface area contributed by atoms with Gasteiger partial charge < -0.3 is 9.64 Å². The minimum Gasteiger partial charge on any atom is -0.375 e. The van der Waals surface area contributed by atoms with Crippen LogP contribution < -0.4 is 9.62 Å². The van der Waals surface area contributed by atoms with E-state index in [1.54, 1.807) is 17.0 Å². The lowest BCUT2D eigenvalue weighted by molar-refractivity contribution is -0.122. The molecule has 0 unspecified atom stereocenters. The molecule has 22 heavy (non-hydrogen) atoms. The SMILES string of the molecule is CCCS(=O)(=O)Nc1ccc2c(c1)CCCN2C(=O)COC. The van der Waals surface area contributed by atoms with Crippen LogP contribution in [0.25, 0.3) is 0 Å². The maximum absolute atomic E-state index is 12.0. The molecule has 0 spiro atoms. The highest BCUT2D eigenvalue weighted by Gasteiger charge is 2.23. The van der Waals surface area contributed by atoms with Gasteiger partial charge in [0.2, 0.25) is 10.0 Å². The van der Waals surface area contributed by atoms with Gasteiger partial charge in [-0.2, -0.15) is 0 Å². The Hall–Kier alpha value is -1.60. The number of methoxy groups -OCH3 is 1. The van der Waals surface area contributed by atoms with E-state index in [1.807, 2.05) is 13.0 Å². The second kappa shape index (κ2) is 7.11. The maximum atomic E-state index is 12.0. The molecular weight excluding hydrogens is 304 g/mol. The molecule has 2 rings (SSSR count). The lowest BCUT2D eigenvalue weighted by Crippen LogP contribution is -2.37. The number of amides is 1. The number of carbonyl (C=O) groups is 1. The zero-order valence-electron chi connectivity index (χ0n) is 13.0. The predicted molar refractivity (Wildman–Crippen MR) is 86.7 cm³/mol. The van der Waals surface area contributed by atoms with Crippen LogP contribution in [0.2, 0.25) is 0 Å². The lowest BCUT2D eigenvalue weighted by atomic mass is 10.0. The smallest absolute Gasteiger partial charge is 0.252 e. The molecule has 0 aliphatic carbocycles. The number of anilines is 2. The number of nitrogens with zero attached hydrogens (tertiary/aromatic N) is 1. The van der Waals surface area contributed by atoms with Crippen LogP contribution in [0.3, 0.4) is 0 Å². The van der Waals surface area contributed by atoms with Gasteiger partial charge in [0.1, 0.15) is 6.61 Å². The fraction of sp³-hybridized carbons (Fsp3) is 0.533. The molecule has 1 amide bonds. The fourth-order valence-corrected chi connectivity index (χ4v) is 3.75. The van der Waals surface area contributed by atoms with Crippen LogP contribution in [0.4, 0.5) is 11.4 Å². The minimum atomic E-state index is -3.30. The van der Waals surface area contributed by atoms with Gasteiger partial charge in [-0.05, 0) is 43.0 Å². The summed E-state index contributed by atoms with van der Waals surface area (Å²) in [4.78, 5) is 13.8. The molecule has 0 radical (unpaired) electrons. The Kier molecular flexibility index (Phi) is 5.42. The number of rotatable bonds is 6. The van der Waals surface area contributed by atoms with Gasteiger partial charge in [0, 0.05) is 25.0 Å². The van der Waals surface area contributed by atoms with Crippen molar-refractivity contribution in [2.45, 2.75) is 26.2 Å². The summed E-state index contributed by atoms with van der Waals surface area (Å²) in [5, 5.41) is 0. The summed E-state index contributed by atoms with van der Waals surface area (Å²) in [5.74, 6) is 0.0190. The Labute approximate surface area is 131 Å². The summed E-state index contributed by atoms with van der Waals surface area (Å²) in [5.41, 5.74) is 2.37. The topological polar surface area (TPSA) is 75.7 Å². The number of fused-ring (bicyclic) bond motifs is 1. The molecule has 1 heterocycles. The van der Waals surface area contributed by atoms with Crippen LogP contribution in [-0.4, -0.2) is 40.3 Å². The molecule has 122 valence electrons. The molecule has 0 fully saturated rings. The third-order valence-corrected chi connectivity index (χ3v) is 5.01. The van der Waals surface area contributed by atoms with Gasteiger partial charge in [-0.1, -0.05) is 6.92 Å².